The molecule has 0 atom stereocenters. The van der Waals surface area contributed by atoms with Gasteiger partial charge in [0, 0.05) is 30.4 Å². The van der Waals surface area contributed by atoms with E-state index in [0.29, 0.717) is 23.6 Å². The Labute approximate surface area is 123 Å². The van der Waals surface area contributed by atoms with Crippen molar-refractivity contribution in [3.05, 3.63) is 0 Å². The Morgan fingerprint density at radius 1 is 1.11 bits per heavy atom. The van der Waals surface area contributed by atoms with E-state index in [0.717, 1.165) is 26.1 Å². The summed E-state index contributed by atoms with van der Waals surface area (Å²) < 4.78 is 5.75. The number of rotatable bonds is 9. The Kier molecular flexibility index (Phi) is 7.98. The molecule has 1 saturated carbocycles. The van der Waals surface area contributed by atoms with E-state index in [4.69, 9.17) is 27.9 Å². The molecule has 1 nitrogen and oxygen atoms in total. The topological polar surface area (TPSA) is 9.23 Å². The maximum absolute atomic E-state index is 6.23. The lowest BCUT2D eigenvalue weighted by Crippen LogP contribution is -2.34. The second-order valence-corrected chi connectivity index (χ2v) is 6.69. The highest BCUT2D eigenvalue weighted by Gasteiger charge is 2.38. The van der Waals surface area contributed by atoms with Crippen molar-refractivity contribution in [2.75, 3.05) is 25.0 Å². The molecule has 0 bridgehead atoms. The van der Waals surface area contributed by atoms with Crippen LogP contribution < -0.4 is 0 Å². The first-order valence-electron chi connectivity index (χ1n) is 7.34. The molecule has 0 amide bonds. The van der Waals surface area contributed by atoms with E-state index in [2.05, 4.69) is 13.8 Å². The van der Waals surface area contributed by atoms with Gasteiger partial charge in [-0.15, -0.1) is 23.2 Å². The molecular weight excluding hydrogens is 267 g/mol. The number of halogens is 2. The molecule has 0 N–H and O–H groups in total. The Morgan fingerprint density at radius 2 is 1.72 bits per heavy atom. The summed E-state index contributed by atoms with van der Waals surface area (Å²) in [5.41, 5.74) is 0.109. The Bertz CT molecular complexity index is 209. The second kappa shape index (κ2) is 8.66. The van der Waals surface area contributed by atoms with Crippen LogP contribution in [0.2, 0.25) is 0 Å². The summed E-state index contributed by atoms with van der Waals surface area (Å²) in [4.78, 5) is 0. The van der Waals surface area contributed by atoms with Crippen LogP contribution in [0.1, 0.15) is 52.4 Å². The normalized spacial score (nSPS) is 17.8. The van der Waals surface area contributed by atoms with Crippen LogP contribution in [0, 0.1) is 17.3 Å². The summed E-state index contributed by atoms with van der Waals surface area (Å²) in [7, 11) is 0. The molecule has 0 unspecified atom stereocenters. The second-order valence-electron chi connectivity index (χ2n) is 6.16. The van der Waals surface area contributed by atoms with E-state index in [9.17, 15) is 0 Å². The summed E-state index contributed by atoms with van der Waals surface area (Å²) in [6.45, 7) is 6.12. The monoisotopic (exact) mass is 294 g/mol. The lowest BCUT2D eigenvalue weighted by Gasteiger charge is -2.36. The molecular formula is C15H28Cl2O. The average molecular weight is 295 g/mol. The summed E-state index contributed by atoms with van der Waals surface area (Å²) in [5.74, 6) is 2.77. The van der Waals surface area contributed by atoms with Gasteiger partial charge in [-0.05, 0) is 37.5 Å². The predicted octanol–water partition coefficient (Wildman–Crippen LogP) is 5.09. The van der Waals surface area contributed by atoms with Crippen LogP contribution in [0.15, 0.2) is 0 Å². The first kappa shape index (κ1) is 16.6. The Morgan fingerprint density at radius 3 is 2.22 bits per heavy atom. The zero-order chi connectivity index (χ0) is 13.4. The summed E-state index contributed by atoms with van der Waals surface area (Å²) in [6.07, 6.45) is 7.43. The van der Waals surface area contributed by atoms with Gasteiger partial charge in [0.15, 0.2) is 0 Å². The van der Waals surface area contributed by atoms with Gasteiger partial charge >= 0.3 is 0 Å². The third kappa shape index (κ3) is 4.90. The van der Waals surface area contributed by atoms with E-state index < -0.39 is 0 Å². The summed E-state index contributed by atoms with van der Waals surface area (Å²) >= 11 is 12.5. The van der Waals surface area contributed by atoms with Crippen molar-refractivity contribution in [3.8, 4) is 0 Å². The van der Waals surface area contributed by atoms with Gasteiger partial charge in [-0.1, -0.05) is 26.7 Å². The molecule has 0 aromatic carbocycles. The van der Waals surface area contributed by atoms with Crippen LogP contribution in [0.3, 0.4) is 0 Å². The van der Waals surface area contributed by atoms with Crippen molar-refractivity contribution in [1.29, 1.82) is 0 Å². The number of hydrogen-bond acceptors (Lipinski definition) is 1. The van der Waals surface area contributed by atoms with Crippen LogP contribution in [0.4, 0.5) is 0 Å². The van der Waals surface area contributed by atoms with E-state index in [1.165, 1.54) is 25.7 Å². The van der Waals surface area contributed by atoms with E-state index >= 15 is 0 Å². The van der Waals surface area contributed by atoms with Gasteiger partial charge in [0.25, 0.3) is 0 Å². The van der Waals surface area contributed by atoms with Crippen molar-refractivity contribution in [3.63, 3.8) is 0 Å². The zero-order valence-corrected chi connectivity index (χ0v) is 13.4. The molecule has 0 saturated heterocycles. The lowest BCUT2D eigenvalue weighted by atomic mass is 9.75. The molecule has 0 spiro atoms. The average Bonchev–Trinajstić information content (AvgIpc) is 2.88. The molecule has 1 rings (SSSR count). The summed E-state index contributed by atoms with van der Waals surface area (Å²) in [5, 5.41) is 0. The molecule has 1 fully saturated rings. The largest absolute Gasteiger partial charge is 0.381 e. The van der Waals surface area contributed by atoms with Gasteiger partial charge in [-0.2, -0.15) is 0 Å². The van der Waals surface area contributed by atoms with Crippen molar-refractivity contribution >= 4 is 23.2 Å². The van der Waals surface area contributed by atoms with Gasteiger partial charge in [0.2, 0.25) is 0 Å². The van der Waals surface area contributed by atoms with E-state index in [1.54, 1.807) is 0 Å². The van der Waals surface area contributed by atoms with Crippen molar-refractivity contribution in [2.24, 2.45) is 17.3 Å². The fourth-order valence-corrected chi connectivity index (χ4v) is 3.82. The van der Waals surface area contributed by atoms with Crippen LogP contribution in [0.5, 0.6) is 0 Å². The minimum atomic E-state index is 0.109. The van der Waals surface area contributed by atoms with Crippen LogP contribution in [-0.2, 0) is 4.74 Å². The van der Waals surface area contributed by atoms with Crippen LogP contribution in [-0.4, -0.2) is 25.0 Å². The Hall–Kier alpha value is 0.540. The highest BCUT2D eigenvalue weighted by atomic mass is 35.5. The third-order valence-corrected chi connectivity index (χ3v) is 5.40. The Balaban J connectivity index is 2.32. The fraction of sp³-hybridized carbons (Fsp3) is 1.00. The van der Waals surface area contributed by atoms with Crippen LogP contribution >= 0.6 is 23.2 Å². The molecule has 0 aromatic rings. The first-order chi connectivity index (χ1) is 8.64. The molecule has 0 radical (unpaired) electrons. The minimum absolute atomic E-state index is 0.109. The zero-order valence-electron chi connectivity index (χ0n) is 11.9. The van der Waals surface area contributed by atoms with E-state index in [1.807, 2.05) is 0 Å². The first-order valence-corrected chi connectivity index (χ1v) is 8.41. The fourth-order valence-electron chi connectivity index (χ4n) is 2.83. The standard InChI is InChI=1S/C15H28Cl2O/c1-13(2)7-9-18-10-8-15(11-16,12-17)14-5-3-4-6-14/h13-14H,3-12H2,1-2H3. The summed E-state index contributed by atoms with van der Waals surface area (Å²) in [6, 6.07) is 0. The number of alkyl halides is 2. The van der Waals surface area contributed by atoms with Gasteiger partial charge in [-0.3, -0.25) is 0 Å². The molecule has 0 aromatic heterocycles. The van der Waals surface area contributed by atoms with Gasteiger partial charge in [-0.25, -0.2) is 0 Å². The SMILES string of the molecule is CC(C)CCOCCC(CCl)(CCl)C1CCCC1. The molecule has 1 aliphatic carbocycles. The number of ether oxygens (including phenoxy) is 1. The third-order valence-electron chi connectivity index (χ3n) is 4.34. The molecule has 1 aliphatic rings. The molecule has 0 aliphatic heterocycles. The molecule has 18 heavy (non-hydrogen) atoms. The molecule has 108 valence electrons. The molecule has 3 heteroatoms. The van der Waals surface area contributed by atoms with E-state index in [-0.39, 0.29) is 5.41 Å². The van der Waals surface area contributed by atoms with Gasteiger partial charge in [0.05, 0.1) is 0 Å². The minimum Gasteiger partial charge on any atom is -0.381 e. The maximum atomic E-state index is 6.23. The lowest BCUT2D eigenvalue weighted by molar-refractivity contribution is 0.0789. The smallest absolute Gasteiger partial charge is 0.0472 e. The van der Waals surface area contributed by atoms with Gasteiger partial charge in [0.1, 0.15) is 0 Å². The highest BCUT2D eigenvalue weighted by molar-refractivity contribution is 6.21. The number of hydrogen-bond donors (Lipinski definition) is 0. The predicted molar refractivity (Wildman–Crippen MR) is 80.7 cm³/mol. The quantitative estimate of drug-likeness (QED) is 0.425. The van der Waals surface area contributed by atoms with Crippen molar-refractivity contribution in [1.82, 2.24) is 0 Å². The van der Waals surface area contributed by atoms with Crippen molar-refractivity contribution < 1.29 is 4.74 Å². The maximum Gasteiger partial charge on any atom is 0.0472 e. The molecule has 0 heterocycles. The highest BCUT2D eigenvalue weighted by Crippen LogP contribution is 2.44. The van der Waals surface area contributed by atoms with Gasteiger partial charge < -0.3 is 4.74 Å². The van der Waals surface area contributed by atoms with Crippen molar-refractivity contribution in [2.45, 2.75) is 52.4 Å². The van der Waals surface area contributed by atoms with Crippen LogP contribution in [0.25, 0.3) is 0 Å².